The van der Waals surface area contributed by atoms with E-state index in [4.69, 9.17) is 0 Å². The monoisotopic (exact) mass is 600 g/mol. The second-order valence-corrected chi connectivity index (χ2v) is 13.5. The highest BCUT2D eigenvalue weighted by Crippen LogP contribution is 2.64. The SMILES string of the molecule is CC1(C)c2ccccc2-c2ccc(N(c3cccnc3)c3cccc4c3-c3ccccc3C43c4ccccc4-c4ccccc43)cc21. The topological polar surface area (TPSA) is 16.1 Å². The smallest absolute Gasteiger partial charge is 0.0726 e. The van der Waals surface area contributed by atoms with Gasteiger partial charge in [-0.3, -0.25) is 4.98 Å². The summed E-state index contributed by atoms with van der Waals surface area (Å²) in [6.07, 6.45) is 3.85. The predicted octanol–water partition coefficient (Wildman–Crippen LogP) is 11.2. The molecule has 222 valence electrons. The van der Waals surface area contributed by atoms with E-state index in [1.54, 1.807) is 0 Å². The van der Waals surface area contributed by atoms with E-state index >= 15 is 0 Å². The van der Waals surface area contributed by atoms with Crippen molar-refractivity contribution >= 4 is 17.1 Å². The summed E-state index contributed by atoms with van der Waals surface area (Å²) in [4.78, 5) is 7.04. The molecule has 6 aromatic carbocycles. The maximum absolute atomic E-state index is 4.62. The van der Waals surface area contributed by atoms with Gasteiger partial charge in [-0.1, -0.05) is 129 Å². The van der Waals surface area contributed by atoms with Gasteiger partial charge in [0, 0.05) is 22.9 Å². The first-order valence-electron chi connectivity index (χ1n) is 16.5. The summed E-state index contributed by atoms with van der Waals surface area (Å²) >= 11 is 0. The minimum atomic E-state index is -0.392. The Morgan fingerprint density at radius 1 is 0.447 bits per heavy atom. The van der Waals surface area contributed by atoms with Crippen molar-refractivity contribution < 1.29 is 0 Å². The summed E-state index contributed by atoms with van der Waals surface area (Å²) in [6.45, 7) is 4.70. The van der Waals surface area contributed by atoms with Crippen LogP contribution in [0.25, 0.3) is 33.4 Å². The van der Waals surface area contributed by atoms with Gasteiger partial charge in [-0.05, 0) is 91.5 Å². The fourth-order valence-electron chi connectivity index (χ4n) is 9.06. The molecule has 3 aliphatic rings. The van der Waals surface area contributed by atoms with Crippen molar-refractivity contribution in [3.8, 4) is 33.4 Å². The average molecular weight is 601 g/mol. The van der Waals surface area contributed by atoms with Gasteiger partial charge in [0.05, 0.1) is 23.0 Å². The second-order valence-electron chi connectivity index (χ2n) is 13.5. The molecule has 0 fully saturated rings. The van der Waals surface area contributed by atoms with Gasteiger partial charge in [-0.2, -0.15) is 0 Å². The molecule has 0 unspecified atom stereocenters. The Labute approximate surface area is 275 Å². The molecule has 0 N–H and O–H groups in total. The molecule has 0 bridgehead atoms. The van der Waals surface area contributed by atoms with Gasteiger partial charge in [0.2, 0.25) is 0 Å². The Balaban J connectivity index is 1.27. The fraction of sp³-hybridized carbons (Fsp3) is 0.0889. The van der Waals surface area contributed by atoms with Gasteiger partial charge < -0.3 is 4.90 Å². The van der Waals surface area contributed by atoms with Gasteiger partial charge in [0.25, 0.3) is 0 Å². The number of benzene rings is 6. The van der Waals surface area contributed by atoms with Crippen molar-refractivity contribution in [3.05, 3.63) is 191 Å². The summed E-state index contributed by atoms with van der Waals surface area (Å²) in [5.41, 5.74) is 18.8. The van der Waals surface area contributed by atoms with E-state index in [2.05, 4.69) is 163 Å². The number of hydrogen-bond donors (Lipinski definition) is 0. The number of fused-ring (bicyclic) bond motifs is 13. The van der Waals surface area contributed by atoms with Gasteiger partial charge in [0.15, 0.2) is 0 Å². The number of aromatic nitrogens is 1. The lowest BCUT2D eigenvalue weighted by Gasteiger charge is -2.32. The molecule has 0 radical (unpaired) electrons. The molecule has 2 heteroatoms. The zero-order chi connectivity index (χ0) is 31.3. The van der Waals surface area contributed by atoms with E-state index in [1.807, 2.05) is 18.5 Å². The molecular formula is C45H32N2. The van der Waals surface area contributed by atoms with Crippen molar-refractivity contribution in [2.24, 2.45) is 0 Å². The van der Waals surface area contributed by atoms with Crippen LogP contribution >= 0.6 is 0 Å². The van der Waals surface area contributed by atoms with Crippen molar-refractivity contribution in [3.63, 3.8) is 0 Å². The Morgan fingerprint density at radius 2 is 1.00 bits per heavy atom. The third-order valence-electron chi connectivity index (χ3n) is 11.0. The second kappa shape index (κ2) is 9.40. The van der Waals surface area contributed by atoms with Gasteiger partial charge >= 0.3 is 0 Å². The van der Waals surface area contributed by atoms with Crippen molar-refractivity contribution in [1.82, 2.24) is 4.98 Å². The number of rotatable bonds is 3. The Morgan fingerprint density at radius 3 is 1.66 bits per heavy atom. The molecule has 2 nitrogen and oxygen atoms in total. The fourth-order valence-corrected chi connectivity index (χ4v) is 9.06. The number of pyridine rings is 1. The van der Waals surface area contributed by atoms with Gasteiger partial charge in [-0.15, -0.1) is 0 Å². The third-order valence-corrected chi connectivity index (χ3v) is 11.0. The zero-order valence-electron chi connectivity index (χ0n) is 26.4. The van der Waals surface area contributed by atoms with Crippen molar-refractivity contribution in [2.75, 3.05) is 4.90 Å². The molecule has 7 aromatic rings. The molecule has 10 rings (SSSR count). The molecular weight excluding hydrogens is 569 g/mol. The predicted molar refractivity (Wildman–Crippen MR) is 193 cm³/mol. The quantitative estimate of drug-likeness (QED) is 0.201. The zero-order valence-corrected chi connectivity index (χ0v) is 26.4. The van der Waals surface area contributed by atoms with E-state index in [-0.39, 0.29) is 5.41 Å². The molecule has 0 saturated carbocycles. The highest BCUT2D eigenvalue weighted by molar-refractivity contribution is 6.01. The van der Waals surface area contributed by atoms with E-state index in [0.29, 0.717) is 0 Å². The minimum absolute atomic E-state index is 0.102. The van der Waals surface area contributed by atoms with Crippen molar-refractivity contribution in [2.45, 2.75) is 24.7 Å². The van der Waals surface area contributed by atoms with Crippen LogP contribution in [-0.2, 0) is 10.8 Å². The molecule has 3 aliphatic carbocycles. The molecule has 0 amide bonds. The first-order valence-corrected chi connectivity index (χ1v) is 16.5. The molecule has 47 heavy (non-hydrogen) atoms. The Kier molecular flexibility index (Phi) is 5.30. The van der Waals surface area contributed by atoms with E-state index in [1.165, 1.54) is 66.8 Å². The van der Waals surface area contributed by atoms with Crippen LogP contribution in [-0.4, -0.2) is 4.98 Å². The van der Waals surface area contributed by atoms with E-state index < -0.39 is 5.41 Å². The summed E-state index contributed by atoms with van der Waals surface area (Å²) in [5.74, 6) is 0. The molecule has 1 heterocycles. The first kappa shape index (κ1) is 26.5. The summed E-state index contributed by atoms with van der Waals surface area (Å²) < 4.78 is 0. The normalized spacial score (nSPS) is 14.9. The van der Waals surface area contributed by atoms with E-state index in [0.717, 1.165) is 17.1 Å². The summed E-state index contributed by atoms with van der Waals surface area (Å²) in [7, 11) is 0. The van der Waals surface area contributed by atoms with Crippen LogP contribution < -0.4 is 4.90 Å². The van der Waals surface area contributed by atoms with Crippen LogP contribution in [0, 0.1) is 0 Å². The van der Waals surface area contributed by atoms with Crippen LogP contribution in [0.5, 0.6) is 0 Å². The van der Waals surface area contributed by atoms with Crippen LogP contribution in [0.1, 0.15) is 47.2 Å². The maximum atomic E-state index is 4.62. The largest absolute Gasteiger partial charge is 0.308 e. The molecule has 0 aliphatic heterocycles. The summed E-state index contributed by atoms with van der Waals surface area (Å²) in [6, 6.07) is 54.1. The van der Waals surface area contributed by atoms with Crippen LogP contribution in [0.15, 0.2) is 158 Å². The lowest BCUT2D eigenvalue weighted by molar-refractivity contribution is 0.660. The van der Waals surface area contributed by atoms with Gasteiger partial charge in [-0.25, -0.2) is 0 Å². The Hall–Kier alpha value is -5.73. The molecule has 0 atom stereocenters. The minimum Gasteiger partial charge on any atom is -0.308 e. The molecule has 1 aromatic heterocycles. The van der Waals surface area contributed by atoms with E-state index in [9.17, 15) is 0 Å². The number of anilines is 3. The standard InChI is InChI=1S/C45H32N2/c1-44(2)36-18-7-3-14-31(36)34-25-24-29(27-41(34)44)47(30-13-12-26-46-28-30)42-23-11-22-40-43(42)35-17-6-10-21-39(35)45(40)37-19-8-4-15-32(37)33-16-5-9-20-38(33)45/h3-28H,1-2H3. The van der Waals surface area contributed by atoms with Crippen LogP contribution in [0.2, 0.25) is 0 Å². The van der Waals surface area contributed by atoms with Gasteiger partial charge in [0.1, 0.15) is 0 Å². The number of nitrogens with zero attached hydrogens (tertiary/aromatic N) is 2. The van der Waals surface area contributed by atoms with Crippen molar-refractivity contribution in [1.29, 1.82) is 0 Å². The average Bonchev–Trinajstić information content (AvgIpc) is 3.68. The highest BCUT2D eigenvalue weighted by atomic mass is 15.2. The number of hydrogen-bond acceptors (Lipinski definition) is 2. The lowest BCUT2D eigenvalue weighted by Crippen LogP contribution is -2.26. The third kappa shape index (κ3) is 3.32. The molecule has 1 spiro atoms. The maximum Gasteiger partial charge on any atom is 0.0726 e. The van der Waals surface area contributed by atoms with Crippen LogP contribution in [0.4, 0.5) is 17.1 Å². The summed E-state index contributed by atoms with van der Waals surface area (Å²) in [5, 5.41) is 0. The highest BCUT2D eigenvalue weighted by Gasteiger charge is 2.52. The Bertz CT molecular complexity index is 2360. The molecule has 0 saturated heterocycles. The van der Waals surface area contributed by atoms with Crippen LogP contribution in [0.3, 0.4) is 0 Å². The first-order chi connectivity index (χ1) is 23.1. The lowest BCUT2D eigenvalue weighted by atomic mass is 9.70.